The first kappa shape index (κ1) is 13.6. The highest BCUT2D eigenvalue weighted by molar-refractivity contribution is 5.93. The van der Waals surface area contributed by atoms with Gasteiger partial charge in [-0.05, 0) is 24.5 Å². The fraction of sp³-hybridized carbons (Fsp3) is 0.500. The van der Waals surface area contributed by atoms with Gasteiger partial charge in [-0.15, -0.1) is 0 Å². The molecule has 0 aliphatic carbocycles. The predicted molar refractivity (Wildman–Crippen MR) is 70.2 cm³/mol. The van der Waals surface area contributed by atoms with Gasteiger partial charge in [-0.2, -0.15) is 0 Å². The van der Waals surface area contributed by atoms with Crippen LogP contribution in [0.5, 0.6) is 5.75 Å². The average molecular weight is 235 g/mol. The van der Waals surface area contributed by atoms with Crippen LogP contribution in [0.1, 0.15) is 34.1 Å². The third-order valence-electron chi connectivity index (χ3n) is 2.44. The van der Waals surface area contributed by atoms with Crippen molar-refractivity contribution in [3.05, 3.63) is 24.3 Å². The molecule has 0 radical (unpaired) electrons. The number of hydrogen-bond donors (Lipinski definition) is 1. The van der Waals surface area contributed by atoms with Crippen LogP contribution in [0.25, 0.3) is 0 Å². The van der Waals surface area contributed by atoms with Gasteiger partial charge in [0.25, 0.3) is 0 Å². The van der Waals surface area contributed by atoms with Crippen molar-refractivity contribution in [1.29, 1.82) is 0 Å². The third-order valence-corrected chi connectivity index (χ3v) is 2.44. The first-order valence-electron chi connectivity index (χ1n) is 5.93. The maximum Gasteiger partial charge on any atom is 0.227 e. The van der Waals surface area contributed by atoms with E-state index in [9.17, 15) is 9.90 Å². The molecule has 0 saturated carbocycles. The number of phenolic OH excluding ortho intramolecular Hbond substituents is 1. The molecule has 0 aliphatic heterocycles. The summed E-state index contributed by atoms with van der Waals surface area (Å²) in [6, 6.07) is 6.80. The summed E-state index contributed by atoms with van der Waals surface area (Å²) < 4.78 is 0. The van der Waals surface area contributed by atoms with Gasteiger partial charge >= 0.3 is 0 Å². The van der Waals surface area contributed by atoms with E-state index >= 15 is 0 Å². The van der Waals surface area contributed by atoms with Crippen LogP contribution in [-0.4, -0.2) is 17.6 Å². The first-order chi connectivity index (χ1) is 7.83. The number of hydrogen-bond acceptors (Lipinski definition) is 2. The Kier molecular flexibility index (Phi) is 4.16. The SMILES string of the molecule is CCN(C(=O)CC(C)(C)C)c1cccc(O)c1. The number of carbonyl (C=O) groups is 1. The second kappa shape index (κ2) is 5.21. The van der Waals surface area contributed by atoms with Gasteiger partial charge in [-0.25, -0.2) is 0 Å². The topological polar surface area (TPSA) is 40.5 Å². The molecule has 0 aromatic heterocycles. The van der Waals surface area contributed by atoms with Crippen molar-refractivity contribution in [3.63, 3.8) is 0 Å². The number of carbonyl (C=O) groups excluding carboxylic acids is 1. The Balaban J connectivity index is 2.88. The predicted octanol–water partition coefficient (Wildman–Crippen LogP) is 3.18. The van der Waals surface area contributed by atoms with Crippen molar-refractivity contribution in [2.45, 2.75) is 34.1 Å². The lowest BCUT2D eigenvalue weighted by atomic mass is 9.91. The van der Waals surface area contributed by atoms with E-state index in [2.05, 4.69) is 0 Å². The minimum absolute atomic E-state index is 0.0265. The first-order valence-corrected chi connectivity index (χ1v) is 5.93. The number of benzene rings is 1. The minimum atomic E-state index is -0.0265. The molecule has 17 heavy (non-hydrogen) atoms. The molecule has 3 heteroatoms. The molecule has 0 unspecified atom stereocenters. The third kappa shape index (κ3) is 4.10. The van der Waals surface area contributed by atoms with Crippen LogP contribution in [-0.2, 0) is 4.79 Å². The Hall–Kier alpha value is -1.51. The standard InChI is InChI=1S/C14H21NO2/c1-5-15(13(17)10-14(2,3)4)11-7-6-8-12(16)9-11/h6-9,16H,5,10H2,1-4H3. The Morgan fingerprint density at radius 2 is 2.00 bits per heavy atom. The molecule has 0 fully saturated rings. The number of rotatable bonds is 3. The van der Waals surface area contributed by atoms with Gasteiger partial charge in [0.05, 0.1) is 0 Å². The zero-order chi connectivity index (χ0) is 13.1. The van der Waals surface area contributed by atoms with Crippen LogP contribution in [0.15, 0.2) is 24.3 Å². The van der Waals surface area contributed by atoms with E-state index in [1.54, 1.807) is 23.1 Å². The summed E-state index contributed by atoms with van der Waals surface area (Å²) in [4.78, 5) is 13.8. The molecule has 1 aromatic rings. The summed E-state index contributed by atoms with van der Waals surface area (Å²) in [7, 11) is 0. The highest BCUT2D eigenvalue weighted by atomic mass is 16.3. The molecule has 1 amide bonds. The van der Waals surface area contributed by atoms with Gasteiger partial charge in [0, 0.05) is 24.7 Å². The lowest BCUT2D eigenvalue weighted by Crippen LogP contribution is -2.33. The average Bonchev–Trinajstić information content (AvgIpc) is 2.15. The molecule has 94 valence electrons. The quantitative estimate of drug-likeness (QED) is 0.874. The highest BCUT2D eigenvalue weighted by Gasteiger charge is 2.21. The molecule has 1 N–H and O–H groups in total. The molecule has 1 aromatic carbocycles. The van der Waals surface area contributed by atoms with Crippen molar-refractivity contribution >= 4 is 11.6 Å². The maximum absolute atomic E-state index is 12.1. The van der Waals surface area contributed by atoms with Crippen LogP contribution < -0.4 is 4.90 Å². The second-order valence-corrected chi connectivity index (χ2v) is 5.40. The molecule has 3 nitrogen and oxygen atoms in total. The van der Waals surface area contributed by atoms with E-state index in [0.29, 0.717) is 13.0 Å². The summed E-state index contributed by atoms with van der Waals surface area (Å²) in [6.07, 6.45) is 0.497. The van der Waals surface area contributed by atoms with Crippen molar-refractivity contribution in [3.8, 4) is 5.75 Å². The molecule has 0 atom stereocenters. The fourth-order valence-corrected chi connectivity index (χ4v) is 1.71. The number of phenols is 1. The molecule has 0 saturated heterocycles. The molecular weight excluding hydrogens is 214 g/mol. The zero-order valence-electron chi connectivity index (χ0n) is 11.0. The fourth-order valence-electron chi connectivity index (χ4n) is 1.71. The molecule has 0 bridgehead atoms. The van der Waals surface area contributed by atoms with E-state index in [4.69, 9.17) is 0 Å². The van der Waals surface area contributed by atoms with Crippen LogP contribution >= 0.6 is 0 Å². The van der Waals surface area contributed by atoms with Gasteiger partial charge in [-0.3, -0.25) is 4.79 Å². The second-order valence-electron chi connectivity index (χ2n) is 5.40. The van der Waals surface area contributed by atoms with E-state index in [1.807, 2.05) is 33.8 Å². The number of anilines is 1. The van der Waals surface area contributed by atoms with E-state index in [0.717, 1.165) is 5.69 Å². The van der Waals surface area contributed by atoms with E-state index in [-0.39, 0.29) is 17.1 Å². The van der Waals surface area contributed by atoms with Crippen LogP contribution in [0.4, 0.5) is 5.69 Å². The summed E-state index contributed by atoms with van der Waals surface area (Å²) in [5.41, 5.74) is 0.725. The van der Waals surface area contributed by atoms with E-state index < -0.39 is 0 Å². The highest BCUT2D eigenvalue weighted by Crippen LogP contribution is 2.24. The van der Waals surface area contributed by atoms with Crippen LogP contribution in [0.2, 0.25) is 0 Å². The molecule has 0 heterocycles. The van der Waals surface area contributed by atoms with Crippen LogP contribution in [0.3, 0.4) is 0 Å². The molecular formula is C14H21NO2. The van der Waals surface area contributed by atoms with Gasteiger partial charge in [0.15, 0.2) is 0 Å². The number of aromatic hydroxyl groups is 1. The summed E-state index contributed by atoms with van der Waals surface area (Å²) in [5.74, 6) is 0.273. The number of nitrogens with zero attached hydrogens (tertiary/aromatic N) is 1. The van der Waals surface area contributed by atoms with Crippen molar-refractivity contribution in [1.82, 2.24) is 0 Å². The van der Waals surface area contributed by atoms with Gasteiger partial charge in [0.2, 0.25) is 5.91 Å². The van der Waals surface area contributed by atoms with Crippen molar-refractivity contribution < 1.29 is 9.90 Å². The van der Waals surface area contributed by atoms with Gasteiger partial charge in [-0.1, -0.05) is 26.8 Å². The summed E-state index contributed by atoms with van der Waals surface area (Å²) >= 11 is 0. The monoisotopic (exact) mass is 235 g/mol. The summed E-state index contributed by atoms with van der Waals surface area (Å²) in [6.45, 7) is 8.67. The Morgan fingerprint density at radius 1 is 1.35 bits per heavy atom. The van der Waals surface area contributed by atoms with Crippen molar-refractivity contribution in [2.24, 2.45) is 5.41 Å². The van der Waals surface area contributed by atoms with E-state index in [1.165, 1.54) is 0 Å². The van der Waals surface area contributed by atoms with Gasteiger partial charge < -0.3 is 10.0 Å². The number of amides is 1. The Labute approximate surface area is 103 Å². The minimum Gasteiger partial charge on any atom is -0.508 e. The smallest absolute Gasteiger partial charge is 0.227 e. The lowest BCUT2D eigenvalue weighted by molar-refractivity contribution is -0.120. The van der Waals surface area contributed by atoms with Gasteiger partial charge in [0.1, 0.15) is 5.75 Å². The molecule has 1 rings (SSSR count). The summed E-state index contributed by atoms with van der Waals surface area (Å²) in [5, 5.41) is 9.43. The molecule has 0 aliphatic rings. The maximum atomic E-state index is 12.1. The Morgan fingerprint density at radius 3 is 2.47 bits per heavy atom. The lowest BCUT2D eigenvalue weighted by Gasteiger charge is -2.25. The van der Waals surface area contributed by atoms with Crippen LogP contribution in [0, 0.1) is 5.41 Å². The molecule has 0 spiro atoms. The Bertz CT molecular complexity index is 393. The largest absolute Gasteiger partial charge is 0.508 e. The van der Waals surface area contributed by atoms with Crippen molar-refractivity contribution in [2.75, 3.05) is 11.4 Å². The normalized spacial score (nSPS) is 11.3. The zero-order valence-corrected chi connectivity index (χ0v) is 11.0.